The predicted octanol–water partition coefficient (Wildman–Crippen LogP) is 1.95. The van der Waals surface area contributed by atoms with Crippen LogP contribution < -0.4 is 15.2 Å². The number of hydrogen-bond acceptors (Lipinski definition) is 5. The molecule has 0 bridgehead atoms. The van der Waals surface area contributed by atoms with E-state index < -0.39 is 5.97 Å². The van der Waals surface area contributed by atoms with Crippen LogP contribution in [-0.2, 0) is 6.61 Å². The zero-order valence-corrected chi connectivity index (χ0v) is 10.9. The van der Waals surface area contributed by atoms with Crippen molar-refractivity contribution in [2.75, 3.05) is 12.8 Å². The Labute approximate surface area is 115 Å². The second kappa shape index (κ2) is 5.92. The smallest absolute Gasteiger partial charge is 0.339 e. The van der Waals surface area contributed by atoms with Crippen molar-refractivity contribution in [2.45, 2.75) is 6.61 Å². The number of anilines is 1. The number of carboxylic acid groups (broad SMARTS) is 1. The fourth-order valence-electron chi connectivity index (χ4n) is 1.64. The molecule has 0 aliphatic carbocycles. The van der Waals surface area contributed by atoms with Gasteiger partial charge in [0.25, 0.3) is 0 Å². The molecule has 6 heteroatoms. The van der Waals surface area contributed by atoms with E-state index in [4.69, 9.17) is 20.3 Å². The molecule has 3 N–H and O–H groups in total. The van der Waals surface area contributed by atoms with E-state index >= 15 is 0 Å². The molecule has 20 heavy (non-hydrogen) atoms. The van der Waals surface area contributed by atoms with Gasteiger partial charge in [0.2, 0.25) is 5.88 Å². The van der Waals surface area contributed by atoms with E-state index in [9.17, 15) is 4.79 Å². The van der Waals surface area contributed by atoms with Crippen LogP contribution in [0.15, 0.2) is 36.4 Å². The van der Waals surface area contributed by atoms with Crippen LogP contribution in [0.3, 0.4) is 0 Å². The van der Waals surface area contributed by atoms with E-state index in [1.165, 1.54) is 19.2 Å². The Morgan fingerprint density at radius 2 is 2.15 bits per heavy atom. The van der Waals surface area contributed by atoms with Gasteiger partial charge >= 0.3 is 5.97 Å². The molecule has 2 rings (SSSR count). The van der Waals surface area contributed by atoms with Crippen LogP contribution in [0, 0.1) is 0 Å². The Hall–Kier alpha value is -2.76. The van der Waals surface area contributed by atoms with Crippen molar-refractivity contribution in [2.24, 2.45) is 0 Å². The van der Waals surface area contributed by atoms with Gasteiger partial charge in [0, 0.05) is 11.8 Å². The van der Waals surface area contributed by atoms with Crippen LogP contribution in [0.5, 0.6) is 11.6 Å². The Morgan fingerprint density at radius 1 is 1.35 bits per heavy atom. The van der Waals surface area contributed by atoms with Crippen molar-refractivity contribution in [3.63, 3.8) is 0 Å². The lowest BCUT2D eigenvalue weighted by Gasteiger charge is -2.10. The molecule has 0 radical (unpaired) electrons. The number of nitrogen functional groups attached to an aromatic ring is 1. The van der Waals surface area contributed by atoms with Gasteiger partial charge in [-0.2, -0.15) is 0 Å². The number of nitrogens with zero attached hydrogens (tertiary/aromatic N) is 1. The van der Waals surface area contributed by atoms with E-state index in [0.29, 0.717) is 17.3 Å². The second-order valence-electron chi connectivity index (χ2n) is 4.02. The van der Waals surface area contributed by atoms with Gasteiger partial charge in [-0.15, -0.1) is 0 Å². The lowest BCUT2D eigenvalue weighted by atomic mass is 10.2. The van der Waals surface area contributed by atoms with Gasteiger partial charge in [0.15, 0.2) is 0 Å². The number of methoxy groups -OCH3 is 1. The van der Waals surface area contributed by atoms with Crippen LogP contribution in [0.1, 0.15) is 16.1 Å². The molecule has 0 spiro atoms. The quantitative estimate of drug-likeness (QED) is 0.809. The molecule has 1 heterocycles. The van der Waals surface area contributed by atoms with Crippen LogP contribution in [0.25, 0.3) is 0 Å². The second-order valence-corrected chi connectivity index (χ2v) is 4.02. The number of hydrogen-bond donors (Lipinski definition) is 2. The summed E-state index contributed by atoms with van der Waals surface area (Å²) in [4.78, 5) is 15.3. The lowest BCUT2D eigenvalue weighted by Crippen LogP contribution is -2.05. The maximum atomic E-state index is 11.1. The highest BCUT2D eigenvalue weighted by atomic mass is 16.5. The van der Waals surface area contributed by atoms with E-state index in [0.717, 1.165) is 0 Å². The van der Waals surface area contributed by atoms with E-state index in [1.807, 2.05) is 0 Å². The average Bonchev–Trinajstić information content (AvgIpc) is 2.46. The normalized spacial score (nSPS) is 10.1. The molecule has 2 aromatic rings. The lowest BCUT2D eigenvalue weighted by molar-refractivity contribution is 0.0691. The molecule has 0 amide bonds. The highest BCUT2D eigenvalue weighted by Crippen LogP contribution is 2.22. The molecule has 0 saturated carbocycles. The summed E-state index contributed by atoms with van der Waals surface area (Å²) in [6.45, 7) is 0.140. The van der Waals surface area contributed by atoms with Gasteiger partial charge in [-0.05, 0) is 24.3 Å². The summed E-state index contributed by atoms with van der Waals surface area (Å²) in [5.41, 5.74) is 6.59. The standard InChI is InChI=1S/C14H14N2O4/c1-19-13-4-2-3-10(16-13)8-20-12-6-5-9(15)7-11(12)14(17)18/h2-7H,8,15H2,1H3,(H,17,18). The molecule has 104 valence electrons. The van der Waals surface area contributed by atoms with Crippen molar-refractivity contribution in [3.05, 3.63) is 47.7 Å². The van der Waals surface area contributed by atoms with Gasteiger partial charge < -0.3 is 20.3 Å². The monoisotopic (exact) mass is 274 g/mol. The maximum Gasteiger partial charge on any atom is 0.339 e. The van der Waals surface area contributed by atoms with Gasteiger partial charge in [0.1, 0.15) is 17.9 Å². The summed E-state index contributed by atoms with van der Waals surface area (Å²) >= 11 is 0. The minimum absolute atomic E-state index is 0.0212. The number of pyridine rings is 1. The minimum Gasteiger partial charge on any atom is -0.486 e. The number of benzene rings is 1. The largest absolute Gasteiger partial charge is 0.486 e. The zero-order valence-electron chi connectivity index (χ0n) is 10.9. The summed E-state index contributed by atoms with van der Waals surface area (Å²) in [5, 5.41) is 9.10. The van der Waals surface area contributed by atoms with Crippen LogP contribution >= 0.6 is 0 Å². The number of nitrogens with two attached hydrogens (primary N) is 1. The molecule has 0 aliphatic rings. The third-order valence-corrected chi connectivity index (χ3v) is 2.60. The molecule has 6 nitrogen and oxygen atoms in total. The van der Waals surface area contributed by atoms with Crippen LogP contribution in [-0.4, -0.2) is 23.2 Å². The number of aromatic carboxylic acids is 1. The minimum atomic E-state index is -1.09. The molecule has 0 fully saturated rings. The first-order valence-electron chi connectivity index (χ1n) is 5.85. The summed E-state index contributed by atoms with van der Waals surface area (Å²) in [5.74, 6) is -0.371. The zero-order chi connectivity index (χ0) is 14.5. The van der Waals surface area contributed by atoms with Crippen LogP contribution in [0.2, 0.25) is 0 Å². The van der Waals surface area contributed by atoms with Gasteiger partial charge in [-0.25, -0.2) is 9.78 Å². The first-order chi connectivity index (χ1) is 9.60. The topological polar surface area (TPSA) is 94.7 Å². The Morgan fingerprint density at radius 3 is 2.85 bits per heavy atom. The van der Waals surface area contributed by atoms with Crippen molar-refractivity contribution >= 4 is 11.7 Å². The first-order valence-corrected chi connectivity index (χ1v) is 5.85. The molecule has 0 atom stereocenters. The number of carboxylic acids is 1. The van der Waals surface area contributed by atoms with Crippen LogP contribution in [0.4, 0.5) is 5.69 Å². The molecule has 0 saturated heterocycles. The molecule has 1 aromatic heterocycles. The Kier molecular flexibility index (Phi) is 4.05. The fraction of sp³-hybridized carbons (Fsp3) is 0.143. The summed E-state index contributed by atoms with van der Waals surface area (Å²) in [7, 11) is 1.52. The average molecular weight is 274 g/mol. The predicted molar refractivity (Wildman–Crippen MR) is 72.9 cm³/mol. The molecule has 1 aromatic carbocycles. The number of carbonyl (C=O) groups is 1. The Bertz CT molecular complexity index is 628. The fourth-order valence-corrected chi connectivity index (χ4v) is 1.64. The number of aromatic nitrogens is 1. The van der Waals surface area contributed by atoms with Crippen molar-refractivity contribution in [1.82, 2.24) is 4.98 Å². The van der Waals surface area contributed by atoms with Gasteiger partial charge in [-0.3, -0.25) is 0 Å². The number of ether oxygens (including phenoxy) is 2. The van der Waals surface area contributed by atoms with Crippen molar-refractivity contribution in [1.29, 1.82) is 0 Å². The van der Waals surface area contributed by atoms with Crippen molar-refractivity contribution < 1.29 is 19.4 Å². The highest BCUT2D eigenvalue weighted by Gasteiger charge is 2.12. The molecular weight excluding hydrogens is 260 g/mol. The Balaban J connectivity index is 2.16. The summed E-state index contributed by atoms with van der Waals surface area (Å²) in [6.07, 6.45) is 0. The molecule has 0 aliphatic heterocycles. The van der Waals surface area contributed by atoms with Gasteiger partial charge in [-0.1, -0.05) is 6.07 Å². The maximum absolute atomic E-state index is 11.1. The van der Waals surface area contributed by atoms with Crippen molar-refractivity contribution in [3.8, 4) is 11.6 Å². The third kappa shape index (κ3) is 3.17. The molecule has 0 unspecified atom stereocenters. The van der Waals surface area contributed by atoms with E-state index in [-0.39, 0.29) is 17.9 Å². The summed E-state index contributed by atoms with van der Waals surface area (Å²) < 4.78 is 10.5. The first kappa shape index (κ1) is 13.7. The SMILES string of the molecule is COc1cccc(COc2ccc(N)cc2C(=O)O)n1. The van der Waals surface area contributed by atoms with E-state index in [1.54, 1.807) is 24.3 Å². The third-order valence-electron chi connectivity index (χ3n) is 2.60. The van der Waals surface area contributed by atoms with Gasteiger partial charge in [0.05, 0.1) is 12.8 Å². The van der Waals surface area contributed by atoms with E-state index in [2.05, 4.69) is 4.98 Å². The summed E-state index contributed by atoms with van der Waals surface area (Å²) in [6, 6.07) is 9.73. The highest BCUT2D eigenvalue weighted by molar-refractivity contribution is 5.92. The number of rotatable bonds is 5. The molecular formula is C14H14N2O4.